The lowest BCUT2D eigenvalue weighted by molar-refractivity contribution is -0.192. The number of carboxylic acids is 2. The molecule has 0 saturated heterocycles. The fourth-order valence-corrected chi connectivity index (χ4v) is 5.15. The molecule has 0 spiro atoms. The summed E-state index contributed by atoms with van der Waals surface area (Å²) in [4.78, 5) is 40.3. The first-order valence-corrected chi connectivity index (χ1v) is 13.9. The molecule has 0 unspecified atom stereocenters. The first kappa shape index (κ1) is 33.4. The average molecular weight is 646 g/mol. The number of fused-ring (bicyclic) bond motifs is 1. The smallest absolute Gasteiger partial charge is 0.486 e. The maximum Gasteiger partial charge on any atom is 0.490 e. The number of nitrogens with zero attached hydrogens (tertiary/aromatic N) is 3. The van der Waals surface area contributed by atoms with Gasteiger partial charge in [-0.15, -0.1) is 22.7 Å². The average Bonchev–Trinajstić information content (AvgIpc) is 3.62. The van der Waals surface area contributed by atoms with Gasteiger partial charge < -0.3 is 24.7 Å². The molecule has 43 heavy (non-hydrogen) atoms. The number of benzene rings is 2. The van der Waals surface area contributed by atoms with Gasteiger partial charge in [-0.05, 0) is 49.3 Å². The lowest BCUT2D eigenvalue weighted by atomic mass is 10.0. The van der Waals surface area contributed by atoms with Crippen molar-refractivity contribution in [2.24, 2.45) is 0 Å². The minimum Gasteiger partial charge on any atom is -0.486 e. The van der Waals surface area contributed by atoms with Crippen molar-refractivity contribution in [1.29, 1.82) is 0 Å². The quantitative estimate of drug-likeness (QED) is 0.214. The highest BCUT2D eigenvalue weighted by Gasteiger charge is 2.38. The number of aliphatic carboxylic acids is 2. The number of halogens is 5. The number of thiazole rings is 1. The summed E-state index contributed by atoms with van der Waals surface area (Å²) in [6.45, 7) is 0.508. The van der Waals surface area contributed by atoms with Crippen LogP contribution in [0.15, 0.2) is 47.2 Å². The summed E-state index contributed by atoms with van der Waals surface area (Å²) in [5.74, 6) is -5.49. The van der Waals surface area contributed by atoms with Crippen LogP contribution in [0.5, 0.6) is 5.75 Å². The number of likely N-dealkylation sites (N-methyl/N-ethyl adjacent to an activating group) is 1. The van der Waals surface area contributed by atoms with Gasteiger partial charge in [0.1, 0.15) is 29.6 Å². The molecular weight excluding hydrogens is 621 g/mol. The van der Waals surface area contributed by atoms with Gasteiger partial charge in [-0.2, -0.15) is 13.2 Å². The summed E-state index contributed by atoms with van der Waals surface area (Å²) in [6.07, 6.45) is -5.08. The Labute approximate surface area is 249 Å². The molecule has 0 atom stereocenters. The van der Waals surface area contributed by atoms with Crippen LogP contribution in [-0.2, 0) is 16.2 Å². The Kier molecular flexibility index (Phi) is 11.1. The molecule has 2 heterocycles. The Morgan fingerprint density at radius 1 is 1.00 bits per heavy atom. The molecule has 0 saturated carbocycles. The van der Waals surface area contributed by atoms with Crippen LogP contribution in [0.4, 0.5) is 22.0 Å². The fraction of sp³-hybridized carbons (Fsp3) is 0.259. The van der Waals surface area contributed by atoms with Crippen LogP contribution in [0.1, 0.15) is 15.5 Å². The molecule has 230 valence electrons. The second-order valence-electron chi connectivity index (χ2n) is 9.05. The molecular formula is C27H24F5N3O6S2. The van der Waals surface area contributed by atoms with Gasteiger partial charge in [-0.25, -0.2) is 18.6 Å². The highest BCUT2D eigenvalue weighted by molar-refractivity contribution is 7.17. The predicted molar refractivity (Wildman–Crippen MR) is 149 cm³/mol. The third kappa shape index (κ3) is 9.17. The third-order valence-corrected chi connectivity index (χ3v) is 7.37. The van der Waals surface area contributed by atoms with Crippen molar-refractivity contribution in [3.05, 3.63) is 69.5 Å². The van der Waals surface area contributed by atoms with Gasteiger partial charge >= 0.3 is 18.1 Å². The van der Waals surface area contributed by atoms with Crippen LogP contribution in [0.25, 0.3) is 21.2 Å². The lowest BCUT2D eigenvalue weighted by Gasteiger charge is -2.21. The van der Waals surface area contributed by atoms with Gasteiger partial charge in [0.15, 0.2) is 11.6 Å². The SMILES string of the molecule is CN(C)CCN(CC(=O)O)C(=O)c1csc(COc2ccc(-c3cc(F)c(F)c4ccsc34)cc2)n1.O=C(O)C(F)(F)F. The van der Waals surface area contributed by atoms with Crippen LogP contribution in [0, 0.1) is 11.6 Å². The molecule has 16 heteroatoms. The van der Waals surface area contributed by atoms with Crippen molar-refractivity contribution in [3.8, 4) is 16.9 Å². The fourth-order valence-electron chi connectivity index (χ4n) is 3.54. The second-order valence-corrected chi connectivity index (χ2v) is 10.9. The standard InChI is InChI=1S/C25H23F2N3O4S2.C2HF3O2/c1-29(2)8-9-30(12-22(31)32)25(33)20-14-36-21(28-20)13-34-16-5-3-15(4-6-16)18-11-19(26)23(27)17-7-10-35-24(17)18;3-2(4,5)1(6)7/h3-7,10-11,14H,8-9,12-13H2,1-2H3,(H,31,32);(H,6,7). The van der Waals surface area contributed by atoms with E-state index in [1.165, 1.54) is 33.6 Å². The summed E-state index contributed by atoms with van der Waals surface area (Å²) >= 11 is 2.59. The van der Waals surface area contributed by atoms with Crippen molar-refractivity contribution in [1.82, 2.24) is 14.8 Å². The summed E-state index contributed by atoms with van der Waals surface area (Å²) in [7, 11) is 3.68. The number of carbonyl (C=O) groups is 3. The maximum atomic E-state index is 14.1. The van der Waals surface area contributed by atoms with Crippen molar-refractivity contribution in [2.45, 2.75) is 12.8 Å². The van der Waals surface area contributed by atoms with E-state index in [1.54, 1.807) is 41.1 Å². The number of hydrogen-bond donors (Lipinski definition) is 2. The topological polar surface area (TPSA) is 120 Å². The van der Waals surface area contributed by atoms with Crippen LogP contribution < -0.4 is 4.74 Å². The van der Waals surface area contributed by atoms with E-state index in [4.69, 9.17) is 19.7 Å². The van der Waals surface area contributed by atoms with E-state index in [9.17, 15) is 31.5 Å². The van der Waals surface area contributed by atoms with Crippen LogP contribution in [0.2, 0.25) is 0 Å². The van der Waals surface area contributed by atoms with Crippen LogP contribution >= 0.6 is 22.7 Å². The molecule has 2 aromatic carbocycles. The monoisotopic (exact) mass is 645 g/mol. The molecule has 2 aromatic heterocycles. The summed E-state index contributed by atoms with van der Waals surface area (Å²) in [5, 5.41) is 20.4. The number of ether oxygens (including phenoxy) is 1. The first-order valence-electron chi connectivity index (χ1n) is 12.2. The summed E-state index contributed by atoms with van der Waals surface area (Å²) < 4.78 is 66.3. The molecule has 0 aliphatic heterocycles. The van der Waals surface area contributed by atoms with Gasteiger partial charge in [-0.1, -0.05) is 12.1 Å². The Hall–Kier alpha value is -4.15. The van der Waals surface area contributed by atoms with Crippen molar-refractivity contribution in [2.75, 3.05) is 33.7 Å². The maximum absolute atomic E-state index is 14.1. The van der Waals surface area contributed by atoms with Gasteiger partial charge in [-0.3, -0.25) is 9.59 Å². The zero-order valence-corrected chi connectivity index (χ0v) is 24.2. The Bertz CT molecular complexity index is 1590. The number of carbonyl (C=O) groups excluding carboxylic acids is 1. The van der Waals surface area contributed by atoms with Gasteiger partial charge in [0, 0.05) is 34.1 Å². The number of carboxylic acid groups (broad SMARTS) is 2. The molecule has 2 N–H and O–H groups in total. The minimum absolute atomic E-state index is 0.119. The Balaban J connectivity index is 0.000000646. The van der Waals surface area contributed by atoms with E-state index in [0.717, 1.165) is 5.56 Å². The highest BCUT2D eigenvalue weighted by atomic mass is 32.1. The molecule has 0 aliphatic rings. The molecule has 9 nitrogen and oxygen atoms in total. The van der Waals surface area contributed by atoms with E-state index in [1.807, 2.05) is 19.0 Å². The van der Waals surface area contributed by atoms with E-state index in [-0.39, 0.29) is 24.2 Å². The minimum atomic E-state index is -5.08. The third-order valence-electron chi connectivity index (χ3n) is 5.60. The zero-order valence-electron chi connectivity index (χ0n) is 22.5. The normalized spacial score (nSPS) is 11.3. The zero-order chi connectivity index (χ0) is 31.9. The van der Waals surface area contributed by atoms with Crippen LogP contribution in [-0.4, -0.2) is 82.7 Å². The van der Waals surface area contributed by atoms with E-state index in [2.05, 4.69) is 4.98 Å². The molecule has 4 aromatic rings. The Morgan fingerprint density at radius 2 is 1.65 bits per heavy atom. The molecule has 0 radical (unpaired) electrons. The molecule has 1 amide bonds. The number of rotatable bonds is 10. The van der Waals surface area contributed by atoms with Crippen LogP contribution in [0.3, 0.4) is 0 Å². The lowest BCUT2D eigenvalue weighted by Crippen LogP contribution is -2.40. The number of amides is 1. The summed E-state index contributed by atoms with van der Waals surface area (Å²) in [6, 6.07) is 9.76. The molecule has 0 fully saturated rings. The van der Waals surface area contributed by atoms with E-state index in [0.29, 0.717) is 27.6 Å². The number of hydrogen-bond acceptors (Lipinski definition) is 8. The highest BCUT2D eigenvalue weighted by Crippen LogP contribution is 2.36. The summed E-state index contributed by atoms with van der Waals surface area (Å²) in [5.41, 5.74) is 1.51. The van der Waals surface area contributed by atoms with Crippen molar-refractivity contribution >= 4 is 50.6 Å². The van der Waals surface area contributed by atoms with E-state index < -0.39 is 42.2 Å². The number of alkyl halides is 3. The number of thiophene rings is 1. The number of aromatic nitrogens is 1. The van der Waals surface area contributed by atoms with Gasteiger partial charge in [0.05, 0.1) is 0 Å². The van der Waals surface area contributed by atoms with Crippen molar-refractivity contribution < 1.29 is 51.3 Å². The van der Waals surface area contributed by atoms with Gasteiger partial charge in [0.2, 0.25) is 0 Å². The molecule has 0 aliphatic carbocycles. The molecule has 0 bridgehead atoms. The Morgan fingerprint density at radius 3 is 2.23 bits per heavy atom. The largest absolute Gasteiger partial charge is 0.490 e. The predicted octanol–water partition coefficient (Wildman–Crippen LogP) is 5.60. The van der Waals surface area contributed by atoms with Gasteiger partial charge in [0.25, 0.3) is 5.91 Å². The van der Waals surface area contributed by atoms with Crippen molar-refractivity contribution in [3.63, 3.8) is 0 Å². The van der Waals surface area contributed by atoms with E-state index >= 15 is 0 Å². The first-order chi connectivity index (χ1) is 20.2. The molecule has 4 rings (SSSR count). The second kappa shape index (κ2) is 14.3.